The standard InChI is InChI=1S/C58H60FN11O7S/c1-57(2,3)77-56(76)66-58(4)20-26-69(27-21-58)49-33-62-51(34-61-49)78-43-7-5-6-41(30-43)64-52(72)38-10-13-47(45(59)29-38)68-24-18-42(19-25-68)67-22-16-37(17-23-67)39-9-12-46(60-32-39)53(73)63-31-36-8-11-44-40(28-36)35-70(55(44)75)48-14-15-50(71)65-54(48)74/h5-13,16,20-21,26-30,32-34,42,48H,14-15,17-19,22-25,31,35H2,1-4H3,(H,63,73)(H,64,72)(H,66,76)(H,65,71,74). The zero-order valence-corrected chi connectivity index (χ0v) is 44.6. The van der Waals surface area contributed by atoms with Crippen molar-refractivity contribution in [1.29, 1.82) is 0 Å². The first-order valence-electron chi connectivity index (χ1n) is 26.0. The lowest BCUT2D eigenvalue weighted by atomic mass is 9.96. The van der Waals surface area contributed by atoms with Crippen molar-refractivity contribution in [2.75, 3.05) is 41.3 Å². The molecule has 7 heterocycles. The van der Waals surface area contributed by atoms with Crippen molar-refractivity contribution >= 4 is 70.2 Å². The van der Waals surface area contributed by atoms with Crippen molar-refractivity contribution in [3.8, 4) is 0 Å². The number of alkyl carbamates (subject to hydrolysis) is 1. The molecule has 0 saturated carbocycles. The SMILES string of the molecule is CC1(NC(=O)OC(C)(C)C)C=CN(c2cnc(Sc3cccc(NC(=O)c4ccc(N5CCC(N6CC=C(c7ccc(C(=O)NCc8ccc9c(c8)CN(C8CCC(=O)NC8=O)C9=O)nc7)CC6)CC5)c(F)c4)c3)cn2)C=C1. The Balaban J connectivity index is 0.654. The minimum absolute atomic E-state index is 0.187. The van der Waals surface area contributed by atoms with Gasteiger partial charge in [-0.05, 0) is 136 Å². The summed E-state index contributed by atoms with van der Waals surface area (Å²) in [7, 11) is 0. The molecule has 1 unspecified atom stereocenters. The maximum Gasteiger partial charge on any atom is 0.408 e. The van der Waals surface area contributed by atoms with E-state index in [4.69, 9.17) is 4.74 Å². The molecule has 2 saturated heterocycles. The highest BCUT2D eigenvalue weighted by Gasteiger charge is 2.39. The van der Waals surface area contributed by atoms with Crippen LogP contribution in [-0.2, 0) is 27.4 Å². The van der Waals surface area contributed by atoms with E-state index in [0.29, 0.717) is 59.0 Å². The van der Waals surface area contributed by atoms with Gasteiger partial charge in [-0.3, -0.25) is 39.2 Å². The molecule has 402 valence electrons. The first kappa shape index (κ1) is 53.2. The number of piperidine rings is 2. The topological polar surface area (TPSA) is 211 Å². The summed E-state index contributed by atoms with van der Waals surface area (Å²) in [4.78, 5) is 98.2. The van der Waals surface area contributed by atoms with Crippen LogP contribution in [0.4, 0.5) is 26.4 Å². The van der Waals surface area contributed by atoms with E-state index in [1.54, 1.807) is 72.3 Å². The van der Waals surface area contributed by atoms with Gasteiger partial charge in [0.05, 0.1) is 23.6 Å². The van der Waals surface area contributed by atoms with Crippen LogP contribution < -0.4 is 31.1 Å². The lowest BCUT2D eigenvalue weighted by Crippen LogP contribution is -2.52. The summed E-state index contributed by atoms with van der Waals surface area (Å²) in [5.41, 5.74) is 4.41. The van der Waals surface area contributed by atoms with Crippen molar-refractivity contribution in [1.82, 2.24) is 40.7 Å². The summed E-state index contributed by atoms with van der Waals surface area (Å²) in [6, 6.07) is 20.6. The number of benzene rings is 3. The number of hydrogen-bond donors (Lipinski definition) is 4. The van der Waals surface area contributed by atoms with E-state index in [0.717, 1.165) is 53.9 Å². The smallest absolute Gasteiger partial charge is 0.408 e. The van der Waals surface area contributed by atoms with E-state index in [9.17, 15) is 28.8 Å². The molecule has 78 heavy (non-hydrogen) atoms. The van der Waals surface area contributed by atoms with Crippen LogP contribution in [0.1, 0.15) is 108 Å². The van der Waals surface area contributed by atoms with Crippen molar-refractivity contribution in [3.05, 3.63) is 161 Å². The molecule has 2 fully saturated rings. The third-order valence-corrected chi connectivity index (χ3v) is 15.2. The number of anilines is 3. The highest BCUT2D eigenvalue weighted by atomic mass is 32.2. The molecule has 3 aromatic carbocycles. The quantitative estimate of drug-likeness (QED) is 0.0824. The van der Waals surface area contributed by atoms with Gasteiger partial charge >= 0.3 is 6.09 Å². The highest BCUT2D eigenvalue weighted by Crippen LogP contribution is 2.33. The van der Waals surface area contributed by atoms with Crippen LogP contribution in [0, 0.1) is 5.82 Å². The van der Waals surface area contributed by atoms with Crippen molar-refractivity contribution in [2.45, 2.75) is 106 Å². The molecule has 5 aromatic rings. The van der Waals surface area contributed by atoms with Crippen LogP contribution >= 0.6 is 11.8 Å². The molecule has 2 aromatic heterocycles. The number of nitrogens with zero attached hydrogens (tertiary/aromatic N) is 7. The Bertz CT molecular complexity index is 3250. The monoisotopic (exact) mass is 1070 g/mol. The Labute approximate surface area is 455 Å². The molecule has 18 nitrogen and oxygen atoms in total. The number of ether oxygens (including phenoxy) is 1. The van der Waals surface area contributed by atoms with E-state index in [-0.39, 0.29) is 42.8 Å². The van der Waals surface area contributed by atoms with Crippen LogP contribution in [0.25, 0.3) is 5.57 Å². The van der Waals surface area contributed by atoms with Crippen LogP contribution in [0.3, 0.4) is 0 Å². The fourth-order valence-corrected chi connectivity index (χ4v) is 11.0. The van der Waals surface area contributed by atoms with Gasteiger partial charge in [-0.25, -0.2) is 19.2 Å². The first-order chi connectivity index (χ1) is 37.4. The fourth-order valence-electron chi connectivity index (χ4n) is 10.2. The molecule has 0 aliphatic carbocycles. The number of fused-ring (bicyclic) bond motifs is 1. The molecule has 1 atom stereocenters. The summed E-state index contributed by atoms with van der Waals surface area (Å²) in [5.74, 6) is -1.64. The maximum absolute atomic E-state index is 15.7. The Hall–Kier alpha value is -8.23. The van der Waals surface area contributed by atoms with Gasteiger partial charge in [0.15, 0.2) is 5.82 Å². The molecule has 10 rings (SSSR count). The third-order valence-electron chi connectivity index (χ3n) is 14.3. The number of aromatic nitrogens is 3. The summed E-state index contributed by atoms with van der Waals surface area (Å²) in [6.07, 6.45) is 17.1. The summed E-state index contributed by atoms with van der Waals surface area (Å²) >= 11 is 1.38. The molecule has 4 N–H and O–H groups in total. The number of nitrogens with one attached hydrogen (secondary N) is 4. The lowest BCUT2D eigenvalue weighted by molar-refractivity contribution is -0.136. The second-order valence-electron chi connectivity index (χ2n) is 21.1. The van der Waals surface area contributed by atoms with Gasteiger partial charge in [0, 0.05) is 92.0 Å². The number of halogens is 1. The van der Waals surface area contributed by atoms with Gasteiger partial charge in [-0.2, -0.15) is 0 Å². The van der Waals surface area contributed by atoms with Crippen molar-refractivity contribution < 1.29 is 37.9 Å². The number of amides is 6. The van der Waals surface area contributed by atoms with Crippen molar-refractivity contribution in [3.63, 3.8) is 0 Å². The van der Waals surface area contributed by atoms with E-state index < -0.39 is 40.9 Å². The van der Waals surface area contributed by atoms with E-state index in [1.807, 2.05) is 75.1 Å². The maximum atomic E-state index is 15.7. The first-order valence-corrected chi connectivity index (χ1v) is 26.8. The predicted octanol–water partition coefficient (Wildman–Crippen LogP) is 7.99. The number of imide groups is 1. The average molecular weight is 1070 g/mol. The second kappa shape index (κ2) is 22.4. The van der Waals surface area contributed by atoms with Crippen LogP contribution in [0.2, 0.25) is 0 Å². The molecule has 6 amide bonds. The molecule has 0 bridgehead atoms. The second-order valence-corrected chi connectivity index (χ2v) is 22.2. The largest absolute Gasteiger partial charge is 0.444 e. The molecule has 0 spiro atoms. The van der Waals surface area contributed by atoms with E-state index >= 15 is 4.39 Å². The highest BCUT2D eigenvalue weighted by molar-refractivity contribution is 7.99. The van der Waals surface area contributed by atoms with Gasteiger partial charge in [0.1, 0.15) is 28.2 Å². The van der Waals surface area contributed by atoms with Crippen molar-refractivity contribution in [2.24, 2.45) is 0 Å². The summed E-state index contributed by atoms with van der Waals surface area (Å²) in [5, 5.41) is 11.7. The average Bonchev–Trinajstić information content (AvgIpc) is 3.91. The van der Waals surface area contributed by atoms with Gasteiger partial charge in [-0.15, -0.1) is 0 Å². The molecule has 20 heteroatoms. The third kappa shape index (κ3) is 12.5. The Kier molecular flexibility index (Phi) is 15.3. The minimum atomic E-state index is -0.734. The number of carbonyl (C=O) groups is 6. The van der Waals surface area contributed by atoms with Gasteiger partial charge in [0.2, 0.25) is 11.8 Å². The minimum Gasteiger partial charge on any atom is -0.444 e. The van der Waals surface area contributed by atoms with Crippen LogP contribution in [-0.4, -0.2) is 110 Å². The zero-order chi connectivity index (χ0) is 54.7. The van der Waals surface area contributed by atoms with Gasteiger partial charge in [-0.1, -0.05) is 42.1 Å². The Morgan fingerprint density at radius 1 is 0.872 bits per heavy atom. The summed E-state index contributed by atoms with van der Waals surface area (Å²) < 4.78 is 21.1. The zero-order valence-electron chi connectivity index (χ0n) is 43.8. The molecule has 5 aliphatic rings. The number of hydrogen-bond acceptors (Lipinski definition) is 14. The predicted molar refractivity (Wildman–Crippen MR) is 293 cm³/mol. The normalized spacial score (nSPS) is 18.5. The Morgan fingerprint density at radius 2 is 1.68 bits per heavy atom. The summed E-state index contributed by atoms with van der Waals surface area (Å²) in [6.45, 7) is 10.8. The molecular weight excluding hydrogens is 1010 g/mol. The Morgan fingerprint density at radius 3 is 2.37 bits per heavy atom. The molecular formula is C58H60FN11O7S. The van der Waals surface area contributed by atoms with E-state index in [2.05, 4.69) is 47.2 Å². The van der Waals surface area contributed by atoms with Crippen LogP contribution in [0.15, 0.2) is 132 Å². The number of rotatable bonds is 13. The molecule has 5 aliphatic heterocycles. The van der Waals surface area contributed by atoms with E-state index in [1.165, 1.54) is 28.3 Å². The van der Waals surface area contributed by atoms with Crippen LogP contribution in [0.5, 0.6) is 0 Å². The lowest BCUT2D eigenvalue weighted by Gasteiger charge is -2.40. The number of carbonyl (C=O) groups excluding carboxylic acids is 6. The molecule has 0 radical (unpaired) electrons. The van der Waals surface area contributed by atoms with Gasteiger partial charge < -0.3 is 35.4 Å². The number of pyridine rings is 1. The fraction of sp³-hybridized carbons (Fsp3) is 0.328. The van der Waals surface area contributed by atoms with Gasteiger partial charge in [0.25, 0.3) is 17.7 Å².